The number of hydrogen-bond acceptors (Lipinski definition) is 6. The molecule has 1 fully saturated rings. The molecule has 1 aliphatic heterocycles. The first-order valence-electron chi connectivity index (χ1n) is 8.92. The summed E-state index contributed by atoms with van der Waals surface area (Å²) in [5.74, 6) is -1.15. The van der Waals surface area contributed by atoms with Gasteiger partial charge >= 0.3 is 12.0 Å². The van der Waals surface area contributed by atoms with Crippen LogP contribution in [-0.2, 0) is 19.6 Å². The molecule has 9 nitrogen and oxygen atoms in total. The Morgan fingerprint density at radius 2 is 1.82 bits per heavy atom. The second-order valence-electron chi connectivity index (χ2n) is 7.00. The van der Waals surface area contributed by atoms with E-state index in [0.717, 1.165) is 6.42 Å². The zero-order valence-corrected chi connectivity index (χ0v) is 16.9. The van der Waals surface area contributed by atoms with Crippen molar-refractivity contribution in [2.24, 2.45) is 11.8 Å². The smallest absolute Gasteiger partial charge is 0.338 e. The van der Waals surface area contributed by atoms with E-state index in [1.807, 2.05) is 19.2 Å². The molecule has 2 N–H and O–H groups in total. The van der Waals surface area contributed by atoms with Crippen LogP contribution >= 0.6 is 0 Å². The molecule has 2 unspecified atom stereocenters. The first-order chi connectivity index (χ1) is 13.1. The molecule has 2 atom stereocenters. The van der Waals surface area contributed by atoms with Gasteiger partial charge in [-0.2, -0.15) is 4.31 Å². The third-order valence-electron chi connectivity index (χ3n) is 4.36. The Balaban J connectivity index is 2.09. The number of esters is 1. The van der Waals surface area contributed by atoms with E-state index < -0.39 is 34.5 Å². The summed E-state index contributed by atoms with van der Waals surface area (Å²) >= 11 is 0. The van der Waals surface area contributed by atoms with Crippen LogP contribution in [0.3, 0.4) is 0 Å². The molecule has 0 aliphatic carbocycles. The molecule has 28 heavy (non-hydrogen) atoms. The van der Waals surface area contributed by atoms with Crippen LogP contribution in [0.15, 0.2) is 29.2 Å². The highest BCUT2D eigenvalue weighted by molar-refractivity contribution is 7.89. The number of sulfonamides is 1. The Morgan fingerprint density at radius 1 is 1.18 bits per heavy atom. The molecule has 1 heterocycles. The van der Waals surface area contributed by atoms with E-state index in [0.29, 0.717) is 13.1 Å². The number of piperidine rings is 1. The van der Waals surface area contributed by atoms with Crippen molar-refractivity contribution < 1.29 is 27.5 Å². The van der Waals surface area contributed by atoms with Gasteiger partial charge in [-0.15, -0.1) is 0 Å². The molecule has 0 aromatic heterocycles. The molecule has 3 amide bonds. The highest BCUT2D eigenvalue weighted by atomic mass is 32.2. The number of ether oxygens (including phenoxy) is 1. The van der Waals surface area contributed by atoms with Gasteiger partial charge in [-0.3, -0.25) is 10.1 Å². The molecule has 1 aromatic carbocycles. The highest BCUT2D eigenvalue weighted by Crippen LogP contribution is 2.27. The molecule has 2 rings (SSSR count). The minimum atomic E-state index is -3.74. The maximum Gasteiger partial charge on any atom is 0.338 e. The van der Waals surface area contributed by atoms with Crippen LogP contribution in [0.4, 0.5) is 4.79 Å². The monoisotopic (exact) mass is 411 g/mol. The third-order valence-corrected chi connectivity index (χ3v) is 6.18. The van der Waals surface area contributed by atoms with Gasteiger partial charge in [0.2, 0.25) is 10.0 Å². The summed E-state index contributed by atoms with van der Waals surface area (Å²) in [6.07, 6.45) is 0.969. The fourth-order valence-corrected chi connectivity index (χ4v) is 4.90. The van der Waals surface area contributed by atoms with Gasteiger partial charge in [-0.1, -0.05) is 19.9 Å². The average Bonchev–Trinajstić information content (AvgIpc) is 2.65. The highest BCUT2D eigenvalue weighted by Gasteiger charge is 2.32. The van der Waals surface area contributed by atoms with E-state index in [1.165, 1.54) is 35.6 Å². The molecule has 0 bridgehead atoms. The summed E-state index contributed by atoms with van der Waals surface area (Å²) in [6.45, 7) is 4.22. The number of imide groups is 1. The Hall–Kier alpha value is -2.46. The van der Waals surface area contributed by atoms with Crippen molar-refractivity contribution in [2.75, 3.05) is 26.7 Å². The molecule has 0 spiro atoms. The van der Waals surface area contributed by atoms with Gasteiger partial charge in [-0.25, -0.2) is 18.0 Å². The number of nitrogens with one attached hydrogen (secondary N) is 2. The lowest BCUT2D eigenvalue weighted by Crippen LogP contribution is -2.42. The van der Waals surface area contributed by atoms with Crippen molar-refractivity contribution >= 4 is 27.9 Å². The van der Waals surface area contributed by atoms with Crippen LogP contribution in [0.1, 0.15) is 30.6 Å². The van der Waals surface area contributed by atoms with Crippen LogP contribution < -0.4 is 10.6 Å². The molecule has 1 aliphatic rings. The summed E-state index contributed by atoms with van der Waals surface area (Å²) in [4.78, 5) is 34.7. The number of urea groups is 1. The van der Waals surface area contributed by atoms with Gasteiger partial charge in [0.25, 0.3) is 5.91 Å². The lowest BCUT2D eigenvalue weighted by atomic mass is 9.94. The summed E-state index contributed by atoms with van der Waals surface area (Å²) in [7, 11) is -2.40. The van der Waals surface area contributed by atoms with Crippen LogP contribution in [0.25, 0.3) is 0 Å². The maximum absolute atomic E-state index is 12.9. The second kappa shape index (κ2) is 9.16. The Labute approximate surface area is 164 Å². The van der Waals surface area contributed by atoms with E-state index in [1.54, 1.807) is 0 Å². The summed E-state index contributed by atoms with van der Waals surface area (Å²) < 4.78 is 32.2. The predicted molar refractivity (Wildman–Crippen MR) is 101 cm³/mol. The maximum atomic E-state index is 12.9. The molecule has 154 valence electrons. The van der Waals surface area contributed by atoms with Gasteiger partial charge in [0.15, 0.2) is 6.61 Å². The summed E-state index contributed by atoms with van der Waals surface area (Å²) in [5, 5.41) is 4.15. The predicted octanol–water partition coefficient (Wildman–Crippen LogP) is 0.966. The summed E-state index contributed by atoms with van der Waals surface area (Å²) in [6, 6.07) is 4.79. The van der Waals surface area contributed by atoms with E-state index in [9.17, 15) is 22.8 Å². The quantitative estimate of drug-likeness (QED) is 0.696. The van der Waals surface area contributed by atoms with Crippen LogP contribution in [0, 0.1) is 11.8 Å². The van der Waals surface area contributed by atoms with Crippen LogP contribution in [0.5, 0.6) is 0 Å². The zero-order chi connectivity index (χ0) is 20.9. The number of carbonyl (C=O) groups is 3. The van der Waals surface area contributed by atoms with Crippen LogP contribution in [0.2, 0.25) is 0 Å². The van der Waals surface area contributed by atoms with Crippen molar-refractivity contribution in [1.82, 2.24) is 14.9 Å². The largest absolute Gasteiger partial charge is 0.452 e. The van der Waals surface area contributed by atoms with Crippen molar-refractivity contribution in [3.8, 4) is 0 Å². The SMILES string of the molecule is CNC(=O)NC(=O)COC(=O)c1cccc(S(=O)(=O)N2CC(C)CC(C)C2)c1. The lowest BCUT2D eigenvalue weighted by Gasteiger charge is -2.34. The van der Waals surface area contributed by atoms with E-state index in [2.05, 4.69) is 5.32 Å². The van der Waals surface area contributed by atoms with Gasteiger partial charge in [-0.05, 0) is 36.5 Å². The van der Waals surface area contributed by atoms with E-state index >= 15 is 0 Å². The molecule has 10 heteroatoms. The molecular weight excluding hydrogens is 386 g/mol. The Kier molecular flexibility index (Phi) is 7.14. The fraction of sp³-hybridized carbons (Fsp3) is 0.500. The van der Waals surface area contributed by atoms with Crippen molar-refractivity contribution in [2.45, 2.75) is 25.2 Å². The van der Waals surface area contributed by atoms with Gasteiger partial charge in [0, 0.05) is 20.1 Å². The Morgan fingerprint density at radius 3 is 2.43 bits per heavy atom. The van der Waals surface area contributed by atoms with Crippen molar-refractivity contribution in [1.29, 1.82) is 0 Å². The first-order valence-corrected chi connectivity index (χ1v) is 10.4. The third kappa shape index (κ3) is 5.52. The van der Waals surface area contributed by atoms with Crippen molar-refractivity contribution in [3.63, 3.8) is 0 Å². The number of benzene rings is 1. The normalized spacial score (nSPS) is 20.2. The number of amides is 3. The lowest BCUT2D eigenvalue weighted by molar-refractivity contribution is -0.123. The minimum absolute atomic E-state index is 0.00179. The van der Waals surface area contributed by atoms with E-state index in [4.69, 9.17) is 4.74 Å². The second-order valence-corrected chi connectivity index (χ2v) is 8.94. The number of nitrogens with zero attached hydrogens (tertiary/aromatic N) is 1. The first kappa shape index (κ1) is 21.8. The topological polar surface area (TPSA) is 122 Å². The molecule has 1 saturated heterocycles. The molecule has 1 aromatic rings. The van der Waals surface area contributed by atoms with Gasteiger partial charge in [0.1, 0.15) is 0 Å². The van der Waals surface area contributed by atoms with Crippen molar-refractivity contribution in [3.05, 3.63) is 29.8 Å². The average molecular weight is 411 g/mol. The standard InChI is InChI=1S/C18H25N3O6S/c1-12-7-13(2)10-21(9-12)28(25,26)15-6-4-5-14(8-15)17(23)27-11-16(22)20-18(24)19-3/h4-6,8,12-13H,7,9-11H2,1-3H3,(H2,19,20,22,24). The Bertz CT molecular complexity index is 845. The number of carbonyl (C=O) groups excluding carboxylic acids is 3. The van der Waals surface area contributed by atoms with Gasteiger partial charge in [0.05, 0.1) is 10.5 Å². The molecular formula is C18H25N3O6S. The van der Waals surface area contributed by atoms with Gasteiger partial charge < -0.3 is 10.1 Å². The van der Waals surface area contributed by atoms with E-state index in [-0.39, 0.29) is 22.3 Å². The minimum Gasteiger partial charge on any atom is -0.452 e. The zero-order valence-electron chi connectivity index (χ0n) is 16.1. The number of hydrogen-bond donors (Lipinski definition) is 2. The number of rotatable bonds is 5. The molecule has 0 saturated carbocycles. The fourth-order valence-electron chi connectivity index (χ4n) is 3.17. The van der Waals surface area contributed by atoms with Crippen LogP contribution in [-0.4, -0.2) is 57.4 Å². The summed E-state index contributed by atoms with van der Waals surface area (Å²) in [5.41, 5.74) is 0.00641. The molecule has 0 radical (unpaired) electrons.